The van der Waals surface area contributed by atoms with Gasteiger partial charge in [-0.05, 0) is 44.8 Å². The smallest absolute Gasteiger partial charge is 0.328 e. The maximum absolute atomic E-state index is 13.3. The van der Waals surface area contributed by atoms with Gasteiger partial charge in [-0.25, -0.2) is 4.79 Å². The van der Waals surface area contributed by atoms with Crippen molar-refractivity contribution in [2.45, 2.75) is 38.3 Å². The number of hydrogen-bond acceptors (Lipinski definition) is 6. The number of nitrogens with one attached hydrogen (secondary N) is 1. The zero-order chi connectivity index (χ0) is 18.9. The van der Waals surface area contributed by atoms with Crippen LogP contribution in [0.1, 0.15) is 30.1 Å². The molecule has 1 N–H and O–H groups in total. The van der Waals surface area contributed by atoms with Crippen molar-refractivity contribution in [1.29, 1.82) is 0 Å². The van der Waals surface area contributed by atoms with Crippen LogP contribution in [0.5, 0.6) is 0 Å². The van der Waals surface area contributed by atoms with Crippen LogP contribution in [0.25, 0.3) is 0 Å². The molecule has 0 atom stereocenters. The first-order chi connectivity index (χ1) is 13.1. The van der Waals surface area contributed by atoms with Gasteiger partial charge in [0, 0.05) is 6.54 Å². The Hall–Kier alpha value is -2.74. The molecule has 0 bridgehead atoms. The molecule has 4 rings (SSSR count). The SMILES string of the molecule is Cc1noc(CN2C(=O)N(CCc3ccccc3)C3(CCNCC3)C2=O)n1. The highest BCUT2D eigenvalue weighted by Crippen LogP contribution is 2.36. The number of benzene rings is 1. The normalized spacial score (nSPS) is 19.3. The molecule has 27 heavy (non-hydrogen) atoms. The fourth-order valence-electron chi connectivity index (χ4n) is 3.98. The van der Waals surface area contributed by atoms with Crippen molar-refractivity contribution in [3.8, 4) is 0 Å². The second-order valence-corrected chi connectivity index (χ2v) is 7.08. The first kappa shape index (κ1) is 17.7. The molecule has 1 spiro atoms. The number of piperidine rings is 1. The molecule has 142 valence electrons. The molecule has 0 aliphatic carbocycles. The van der Waals surface area contributed by atoms with Crippen LogP contribution in [0.4, 0.5) is 4.79 Å². The molecule has 0 radical (unpaired) electrons. The van der Waals surface area contributed by atoms with E-state index in [9.17, 15) is 9.59 Å². The van der Waals surface area contributed by atoms with Crippen LogP contribution in [-0.4, -0.2) is 57.1 Å². The van der Waals surface area contributed by atoms with Crippen molar-refractivity contribution in [2.24, 2.45) is 0 Å². The number of amides is 3. The largest absolute Gasteiger partial charge is 0.337 e. The van der Waals surface area contributed by atoms with Crippen molar-refractivity contribution >= 4 is 11.9 Å². The van der Waals surface area contributed by atoms with E-state index in [0.29, 0.717) is 44.7 Å². The summed E-state index contributed by atoms with van der Waals surface area (Å²) in [5.74, 6) is 0.614. The van der Waals surface area contributed by atoms with Gasteiger partial charge in [0.25, 0.3) is 5.91 Å². The summed E-state index contributed by atoms with van der Waals surface area (Å²) >= 11 is 0. The molecule has 2 fully saturated rings. The maximum Gasteiger partial charge on any atom is 0.328 e. The summed E-state index contributed by atoms with van der Waals surface area (Å²) in [6.07, 6.45) is 1.94. The van der Waals surface area contributed by atoms with Crippen molar-refractivity contribution in [3.63, 3.8) is 0 Å². The third kappa shape index (κ3) is 3.21. The van der Waals surface area contributed by atoms with E-state index >= 15 is 0 Å². The zero-order valence-electron chi connectivity index (χ0n) is 15.4. The lowest BCUT2D eigenvalue weighted by atomic mass is 9.86. The van der Waals surface area contributed by atoms with Gasteiger partial charge in [0.2, 0.25) is 5.89 Å². The Morgan fingerprint density at radius 2 is 1.93 bits per heavy atom. The average Bonchev–Trinajstić information content (AvgIpc) is 3.18. The molecular formula is C19H23N5O3. The average molecular weight is 369 g/mol. The first-order valence-corrected chi connectivity index (χ1v) is 9.27. The van der Waals surface area contributed by atoms with Crippen LogP contribution < -0.4 is 5.32 Å². The standard InChI is InChI=1S/C19H23N5O3/c1-14-21-16(27-22-14)13-23-17(25)19(8-10-20-11-9-19)24(18(23)26)12-7-15-5-3-2-4-6-15/h2-6,20H,7-13H2,1H3. The van der Waals surface area contributed by atoms with Gasteiger partial charge in [0.1, 0.15) is 12.1 Å². The molecule has 0 unspecified atom stereocenters. The van der Waals surface area contributed by atoms with Gasteiger partial charge in [0.15, 0.2) is 5.82 Å². The van der Waals surface area contributed by atoms with Gasteiger partial charge in [-0.3, -0.25) is 9.69 Å². The molecular weight excluding hydrogens is 346 g/mol. The fraction of sp³-hybridized carbons (Fsp3) is 0.474. The minimum absolute atomic E-state index is 0.0233. The Morgan fingerprint density at radius 1 is 1.19 bits per heavy atom. The topological polar surface area (TPSA) is 91.6 Å². The van der Waals surface area contributed by atoms with E-state index in [1.165, 1.54) is 4.90 Å². The zero-order valence-corrected chi connectivity index (χ0v) is 15.4. The predicted molar refractivity (Wildman–Crippen MR) is 96.7 cm³/mol. The maximum atomic E-state index is 13.3. The number of hydrogen-bond donors (Lipinski definition) is 1. The Labute approximate surface area is 157 Å². The number of rotatable bonds is 5. The number of imide groups is 1. The van der Waals surface area contributed by atoms with Crippen molar-refractivity contribution in [2.75, 3.05) is 19.6 Å². The molecule has 1 aromatic heterocycles. The Kier molecular flexibility index (Phi) is 4.65. The van der Waals surface area contributed by atoms with E-state index in [1.807, 2.05) is 30.3 Å². The Morgan fingerprint density at radius 3 is 2.59 bits per heavy atom. The van der Waals surface area contributed by atoms with Crippen LogP contribution in [0.3, 0.4) is 0 Å². The van der Waals surface area contributed by atoms with Gasteiger partial charge in [-0.15, -0.1) is 0 Å². The van der Waals surface area contributed by atoms with Crippen LogP contribution >= 0.6 is 0 Å². The van der Waals surface area contributed by atoms with E-state index in [4.69, 9.17) is 4.52 Å². The van der Waals surface area contributed by atoms with Gasteiger partial charge >= 0.3 is 6.03 Å². The number of urea groups is 1. The van der Waals surface area contributed by atoms with Crippen molar-refractivity contribution < 1.29 is 14.1 Å². The van der Waals surface area contributed by atoms with Crippen LogP contribution in [-0.2, 0) is 17.8 Å². The molecule has 3 heterocycles. The molecule has 2 aromatic rings. The summed E-state index contributed by atoms with van der Waals surface area (Å²) in [6, 6.07) is 9.74. The highest BCUT2D eigenvalue weighted by molar-refractivity contribution is 6.07. The lowest BCUT2D eigenvalue weighted by Gasteiger charge is -2.38. The van der Waals surface area contributed by atoms with Crippen LogP contribution in [0, 0.1) is 6.92 Å². The molecule has 8 heteroatoms. The third-order valence-corrected chi connectivity index (χ3v) is 5.38. The fourth-order valence-corrected chi connectivity index (χ4v) is 3.98. The van der Waals surface area contributed by atoms with Crippen LogP contribution in [0.2, 0.25) is 0 Å². The quantitative estimate of drug-likeness (QED) is 0.803. The van der Waals surface area contributed by atoms with Crippen LogP contribution in [0.15, 0.2) is 34.9 Å². The number of nitrogens with zero attached hydrogens (tertiary/aromatic N) is 4. The monoisotopic (exact) mass is 369 g/mol. The Balaban J connectivity index is 1.58. The molecule has 2 saturated heterocycles. The van der Waals surface area contributed by atoms with Gasteiger partial charge < -0.3 is 14.7 Å². The Bertz CT molecular complexity index is 829. The number of carbonyl (C=O) groups excluding carboxylic acids is 2. The second-order valence-electron chi connectivity index (χ2n) is 7.08. The molecule has 2 aliphatic heterocycles. The third-order valence-electron chi connectivity index (χ3n) is 5.38. The minimum Gasteiger partial charge on any atom is -0.337 e. The molecule has 1 aromatic carbocycles. The number of carbonyl (C=O) groups is 2. The van der Waals surface area contributed by atoms with E-state index < -0.39 is 5.54 Å². The van der Waals surface area contributed by atoms with Gasteiger partial charge in [-0.1, -0.05) is 35.5 Å². The van der Waals surface area contributed by atoms with E-state index in [2.05, 4.69) is 15.5 Å². The summed E-state index contributed by atoms with van der Waals surface area (Å²) in [4.78, 5) is 33.6. The molecule has 0 saturated carbocycles. The lowest BCUT2D eigenvalue weighted by Crippen LogP contribution is -2.56. The van der Waals surface area contributed by atoms with Gasteiger partial charge in [0.05, 0.1) is 0 Å². The minimum atomic E-state index is -0.772. The summed E-state index contributed by atoms with van der Waals surface area (Å²) < 4.78 is 5.13. The van der Waals surface area contributed by atoms with E-state index in [-0.39, 0.29) is 24.4 Å². The second kappa shape index (κ2) is 7.11. The summed E-state index contributed by atoms with van der Waals surface area (Å²) in [5, 5.41) is 7.03. The molecule has 3 amide bonds. The van der Waals surface area contributed by atoms with Crippen molar-refractivity contribution in [3.05, 3.63) is 47.6 Å². The lowest BCUT2D eigenvalue weighted by molar-refractivity contribution is -0.135. The van der Waals surface area contributed by atoms with Gasteiger partial charge in [-0.2, -0.15) is 4.98 Å². The predicted octanol–water partition coefficient (Wildman–Crippen LogP) is 1.51. The highest BCUT2D eigenvalue weighted by atomic mass is 16.5. The molecule has 8 nitrogen and oxygen atoms in total. The van der Waals surface area contributed by atoms with Crippen molar-refractivity contribution in [1.82, 2.24) is 25.3 Å². The summed E-state index contributed by atoms with van der Waals surface area (Å²) in [6.45, 7) is 3.67. The number of aromatic nitrogens is 2. The van der Waals surface area contributed by atoms with E-state index in [0.717, 1.165) is 5.56 Å². The van der Waals surface area contributed by atoms with E-state index in [1.54, 1.807) is 11.8 Å². The molecule has 2 aliphatic rings. The summed E-state index contributed by atoms with van der Waals surface area (Å²) in [7, 11) is 0. The summed E-state index contributed by atoms with van der Waals surface area (Å²) in [5.41, 5.74) is 0.374. The highest BCUT2D eigenvalue weighted by Gasteiger charge is 2.57. The number of aryl methyl sites for hydroxylation is 1. The first-order valence-electron chi connectivity index (χ1n) is 9.27.